The molecule has 3 N–H and O–H groups in total. The Bertz CT molecular complexity index is 1270. The van der Waals surface area contributed by atoms with E-state index in [9.17, 15) is 19.2 Å². The lowest BCUT2D eigenvalue weighted by atomic mass is 10.1. The largest absolute Gasteiger partial charge is 0.453 e. The summed E-state index contributed by atoms with van der Waals surface area (Å²) < 4.78 is 7.62. The minimum atomic E-state index is -0.828. The van der Waals surface area contributed by atoms with Crippen LogP contribution in [0, 0.1) is 5.92 Å². The predicted octanol–water partition coefficient (Wildman–Crippen LogP) is 2.07. The molecular formula is C20H21BrN4O5. The van der Waals surface area contributed by atoms with Crippen molar-refractivity contribution in [3.05, 3.63) is 60.8 Å². The normalized spacial score (nSPS) is 11.2. The van der Waals surface area contributed by atoms with Gasteiger partial charge in [0.25, 0.3) is 5.56 Å². The third-order valence-electron chi connectivity index (χ3n) is 4.59. The van der Waals surface area contributed by atoms with Crippen molar-refractivity contribution in [2.45, 2.75) is 20.4 Å². The first-order valence-electron chi connectivity index (χ1n) is 9.19. The topological polar surface area (TPSA) is 129 Å². The molecular weight excluding hydrogens is 456 g/mol. The molecule has 0 atom stereocenters. The predicted molar refractivity (Wildman–Crippen MR) is 116 cm³/mol. The van der Waals surface area contributed by atoms with Crippen LogP contribution in [-0.4, -0.2) is 32.5 Å². The van der Waals surface area contributed by atoms with Crippen molar-refractivity contribution in [2.24, 2.45) is 13.0 Å². The molecule has 3 rings (SSSR count). The number of benzene rings is 1. The number of esters is 1. The van der Waals surface area contributed by atoms with Crippen LogP contribution in [0.5, 0.6) is 0 Å². The summed E-state index contributed by atoms with van der Waals surface area (Å²) in [6.45, 7) is 3.29. The van der Waals surface area contributed by atoms with Gasteiger partial charge in [0.1, 0.15) is 17.1 Å². The fraction of sp³-hybridized carbons (Fsp3) is 0.300. The van der Waals surface area contributed by atoms with Crippen molar-refractivity contribution in [1.29, 1.82) is 0 Å². The number of aromatic nitrogens is 3. The lowest BCUT2D eigenvalue weighted by Crippen LogP contribution is -2.43. The number of hydrogen-bond acceptors (Lipinski definition) is 6. The molecule has 2 heterocycles. The van der Waals surface area contributed by atoms with Crippen molar-refractivity contribution >= 4 is 44.4 Å². The molecule has 3 aromatic rings. The Hall–Kier alpha value is -3.14. The van der Waals surface area contributed by atoms with Crippen LogP contribution in [0.15, 0.2) is 38.3 Å². The number of nitrogens with one attached hydrogen (secondary N) is 1. The van der Waals surface area contributed by atoms with Gasteiger partial charge in [-0.3, -0.25) is 18.7 Å². The zero-order valence-corrected chi connectivity index (χ0v) is 18.3. The Kier molecular flexibility index (Phi) is 5.97. The Morgan fingerprint density at radius 2 is 1.90 bits per heavy atom. The van der Waals surface area contributed by atoms with Crippen molar-refractivity contribution in [3.63, 3.8) is 0 Å². The summed E-state index contributed by atoms with van der Waals surface area (Å²) in [4.78, 5) is 52.9. The Morgan fingerprint density at radius 1 is 1.23 bits per heavy atom. The number of aromatic amines is 1. The van der Waals surface area contributed by atoms with Gasteiger partial charge in [0.05, 0.1) is 4.47 Å². The first kappa shape index (κ1) is 21.6. The van der Waals surface area contributed by atoms with Gasteiger partial charge in [0, 0.05) is 24.5 Å². The number of ether oxygens (including phenoxy) is 1. The highest BCUT2D eigenvalue weighted by molar-refractivity contribution is 9.10. The quantitative estimate of drug-likeness (QED) is 0.413. The molecule has 9 nitrogen and oxygen atoms in total. The summed E-state index contributed by atoms with van der Waals surface area (Å²) in [7, 11) is 1.27. The number of anilines is 1. The number of H-pyrrole nitrogens is 1. The molecule has 0 fully saturated rings. The number of carbonyl (C=O) groups excluding carboxylic acids is 2. The SMILES string of the molecule is CC(C)Cn1c(N)c(C(=O)COC(=O)c2[nH]c3ccccc3c2Br)c(=O)n(C)c1=O. The summed E-state index contributed by atoms with van der Waals surface area (Å²) in [5.74, 6) is -1.73. The van der Waals surface area contributed by atoms with Crippen LogP contribution in [0.4, 0.5) is 5.82 Å². The van der Waals surface area contributed by atoms with Gasteiger partial charge >= 0.3 is 11.7 Å². The van der Waals surface area contributed by atoms with Gasteiger partial charge in [0.2, 0.25) is 5.78 Å². The van der Waals surface area contributed by atoms with Gasteiger partial charge in [0.15, 0.2) is 6.61 Å². The van der Waals surface area contributed by atoms with Gasteiger partial charge in [-0.1, -0.05) is 32.0 Å². The first-order valence-corrected chi connectivity index (χ1v) is 9.98. The molecule has 0 aliphatic carbocycles. The van der Waals surface area contributed by atoms with Crippen molar-refractivity contribution in [2.75, 3.05) is 12.3 Å². The average Bonchev–Trinajstić information content (AvgIpc) is 3.05. The third kappa shape index (κ3) is 3.82. The van der Waals surface area contributed by atoms with Gasteiger partial charge in [-0.05, 0) is 27.9 Å². The van der Waals surface area contributed by atoms with E-state index >= 15 is 0 Å². The average molecular weight is 477 g/mol. The number of Topliss-reactive ketones (excluding diaryl/α,β-unsaturated/α-hetero) is 1. The van der Waals surface area contributed by atoms with Gasteiger partial charge in [-0.25, -0.2) is 9.59 Å². The van der Waals surface area contributed by atoms with E-state index in [2.05, 4.69) is 20.9 Å². The lowest BCUT2D eigenvalue weighted by Gasteiger charge is -2.16. The van der Waals surface area contributed by atoms with Crippen LogP contribution >= 0.6 is 15.9 Å². The summed E-state index contributed by atoms with van der Waals surface area (Å²) in [5.41, 5.74) is 5.03. The van der Waals surface area contributed by atoms with E-state index < -0.39 is 29.6 Å². The van der Waals surface area contributed by atoms with E-state index in [1.54, 1.807) is 6.07 Å². The van der Waals surface area contributed by atoms with Crippen molar-refractivity contribution in [3.8, 4) is 0 Å². The molecule has 30 heavy (non-hydrogen) atoms. The Labute approximate surface area is 179 Å². The standard InChI is InChI=1S/C20H21BrN4O5/c1-10(2)8-25-17(22)14(18(27)24(3)20(25)29)13(26)9-30-19(28)16-15(21)11-6-4-5-7-12(11)23-16/h4-7,10,23H,8-9,22H2,1-3H3. The molecule has 0 unspecified atom stereocenters. The molecule has 1 aromatic carbocycles. The van der Waals surface area contributed by atoms with E-state index in [1.165, 1.54) is 11.6 Å². The fourth-order valence-corrected chi connectivity index (χ4v) is 3.72. The number of hydrogen-bond donors (Lipinski definition) is 2. The maximum atomic E-state index is 12.7. The van der Waals surface area contributed by atoms with E-state index in [0.29, 0.717) is 4.47 Å². The summed E-state index contributed by atoms with van der Waals surface area (Å²) in [6.07, 6.45) is 0. The zero-order valence-electron chi connectivity index (χ0n) is 16.7. The molecule has 0 saturated heterocycles. The second kappa shape index (κ2) is 8.31. The third-order valence-corrected chi connectivity index (χ3v) is 5.41. The molecule has 0 aliphatic rings. The number of nitrogen functional groups attached to an aromatic ring is 1. The number of ketones is 1. The number of para-hydroxylation sites is 1. The zero-order chi connectivity index (χ0) is 22.2. The number of rotatable bonds is 6. The fourth-order valence-electron chi connectivity index (χ4n) is 3.11. The highest BCUT2D eigenvalue weighted by Gasteiger charge is 2.24. The van der Waals surface area contributed by atoms with Gasteiger partial charge in [-0.15, -0.1) is 0 Å². The molecule has 0 bridgehead atoms. The maximum Gasteiger partial charge on any atom is 0.356 e. The highest BCUT2D eigenvalue weighted by atomic mass is 79.9. The van der Waals surface area contributed by atoms with Crippen LogP contribution < -0.4 is 17.0 Å². The highest BCUT2D eigenvalue weighted by Crippen LogP contribution is 2.28. The van der Waals surface area contributed by atoms with E-state index in [4.69, 9.17) is 10.5 Å². The molecule has 10 heteroatoms. The number of nitrogens with zero attached hydrogens (tertiary/aromatic N) is 2. The van der Waals surface area contributed by atoms with Crippen molar-refractivity contribution in [1.82, 2.24) is 14.1 Å². The molecule has 158 valence electrons. The smallest absolute Gasteiger partial charge is 0.356 e. The minimum Gasteiger partial charge on any atom is -0.453 e. The monoisotopic (exact) mass is 476 g/mol. The van der Waals surface area contributed by atoms with Gasteiger partial charge < -0.3 is 15.5 Å². The Morgan fingerprint density at radius 3 is 2.53 bits per heavy atom. The number of nitrogens with two attached hydrogens (primary N) is 1. The van der Waals surface area contributed by atoms with Crippen LogP contribution in [0.2, 0.25) is 0 Å². The molecule has 0 spiro atoms. The molecule has 2 aromatic heterocycles. The van der Waals surface area contributed by atoms with Crippen LogP contribution in [-0.2, 0) is 18.3 Å². The van der Waals surface area contributed by atoms with E-state index in [0.717, 1.165) is 15.5 Å². The van der Waals surface area contributed by atoms with Crippen LogP contribution in [0.1, 0.15) is 34.7 Å². The summed E-state index contributed by atoms with van der Waals surface area (Å²) in [5, 5.41) is 0.787. The van der Waals surface area contributed by atoms with Crippen LogP contribution in [0.3, 0.4) is 0 Å². The number of fused-ring (bicyclic) bond motifs is 1. The number of carbonyl (C=O) groups is 2. The van der Waals surface area contributed by atoms with Crippen molar-refractivity contribution < 1.29 is 14.3 Å². The van der Waals surface area contributed by atoms with Gasteiger partial charge in [-0.2, -0.15) is 0 Å². The van der Waals surface area contributed by atoms with Crippen LogP contribution in [0.25, 0.3) is 10.9 Å². The lowest BCUT2D eigenvalue weighted by molar-refractivity contribution is 0.0468. The Balaban J connectivity index is 1.88. The summed E-state index contributed by atoms with van der Waals surface area (Å²) in [6, 6.07) is 7.25. The second-order valence-corrected chi connectivity index (χ2v) is 8.06. The molecule has 0 saturated carbocycles. The minimum absolute atomic E-state index is 0.0580. The summed E-state index contributed by atoms with van der Waals surface area (Å²) >= 11 is 3.35. The molecule has 0 aliphatic heterocycles. The first-order chi connectivity index (χ1) is 14.1. The molecule has 0 amide bonds. The maximum absolute atomic E-state index is 12.7. The molecule has 0 radical (unpaired) electrons. The van der Waals surface area contributed by atoms with E-state index in [1.807, 2.05) is 32.0 Å². The van der Waals surface area contributed by atoms with E-state index in [-0.39, 0.29) is 29.5 Å². The second-order valence-electron chi connectivity index (χ2n) is 7.27. The number of halogens is 1.